The van der Waals surface area contributed by atoms with Gasteiger partial charge in [0, 0.05) is 18.3 Å². The first-order chi connectivity index (χ1) is 15.5. The number of hydrogen-bond acceptors (Lipinski definition) is 4. The van der Waals surface area contributed by atoms with Crippen molar-refractivity contribution in [2.75, 3.05) is 11.4 Å². The van der Waals surface area contributed by atoms with E-state index < -0.39 is 23.1 Å². The van der Waals surface area contributed by atoms with Crippen LogP contribution in [0.25, 0.3) is 0 Å². The SMILES string of the molecule is C/C=C1/C(=O)N(c2ccc(F)cc2F)C(C)(C(=O)NC2CCCCC2)CN1/N=C/C(C)(C)C. The standard InChI is InChI=1S/C25H34F2N4O2/c1-6-20-22(32)31(21-13-12-17(26)14-19(21)27)25(5,16-30(20)28-15-24(2,3)4)23(33)29-18-10-8-7-9-11-18/h6,12-15,18H,7-11,16H2,1-5H3,(H,29,33)/b20-6-,28-15+. The Labute approximate surface area is 194 Å². The molecule has 1 aliphatic carbocycles. The average molecular weight is 461 g/mol. The number of hydrazone groups is 1. The van der Waals surface area contributed by atoms with Crippen molar-refractivity contribution < 1.29 is 18.4 Å². The Hall–Kier alpha value is -2.77. The zero-order chi connectivity index (χ0) is 24.4. The molecule has 1 heterocycles. The summed E-state index contributed by atoms with van der Waals surface area (Å²) in [4.78, 5) is 28.4. The zero-order valence-electron chi connectivity index (χ0n) is 20.1. The molecule has 2 fully saturated rings. The van der Waals surface area contributed by atoms with E-state index in [-0.39, 0.29) is 35.3 Å². The minimum atomic E-state index is -1.46. The van der Waals surface area contributed by atoms with Crippen molar-refractivity contribution in [3.05, 3.63) is 41.6 Å². The first kappa shape index (κ1) is 24.9. The van der Waals surface area contributed by atoms with Gasteiger partial charge in [-0.3, -0.25) is 19.5 Å². The van der Waals surface area contributed by atoms with Crippen LogP contribution < -0.4 is 10.2 Å². The van der Waals surface area contributed by atoms with Gasteiger partial charge in [0.1, 0.15) is 22.9 Å². The lowest BCUT2D eigenvalue weighted by molar-refractivity contribution is -0.133. The summed E-state index contributed by atoms with van der Waals surface area (Å²) in [6.45, 7) is 9.27. The van der Waals surface area contributed by atoms with Gasteiger partial charge >= 0.3 is 0 Å². The van der Waals surface area contributed by atoms with E-state index in [9.17, 15) is 18.4 Å². The maximum absolute atomic E-state index is 14.9. The van der Waals surface area contributed by atoms with Gasteiger partial charge in [-0.05, 0) is 44.2 Å². The number of rotatable bonds is 4. The third-order valence-electron chi connectivity index (χ3n) is 6.09. The molecular formula is C25H34F2N4O2. The Morgan fingerprint density at radius 2 is 1.88 bits per heavy atom. The highest BCUT2D eigenvalue weighted by atomic mass is 19.1. The fourth-order valence-electron chi connectivity index (χ4n) is 4.31. The van der Waals surface area contributed by atoms with E-state index in [2.05, 4.69) is 10.4 Å². The largest absolute Gasteiger partial charge is 0.351 e. The number of piperazine rings is 1. The summed E-state index contributed by atoms with van der Waals surface area (Å²) < 4.78 is 28.5. The van der Waals surface area contributed by atoms with E-state index in [1.807, 2.05) is 20.8 Å². The van der Waals surface area contributed by atoms with Crippen molar-refractivity contribution in [1.82, 2.24) is 10.3 Å². The Morgan fingerprint density at radius 3 is 2.45 bits per heavy atom. The molecule has 2 amide bonds. The lowest BCUT2D eigenvalue weighted by Gasteiger charge is -2.47. The van der Waals surface area contributed by atoms with E-state index >= 15 is 0 Å². The summed E-state index contributed by atoms with van der Waals surface area (Å²) in [5.41, 5.74) is -1.62. The topological polar surface area (TPSA) is 65.0 Å². The van der Waals surface area contributed by atoms with Gasteiger partial charge in [-0.15, -0.1) is 0 Å². The van der Waals surface area contributed by atoms with Crippen LogP contribution in [0.5, 0.6) is 0 Å². The number of hydrogen-bond donors (Lipinski definition) is 1. The van der Waals surface area contributed by atoms with Crippen LogP contribution in [0.4, 0.5) is 14.5 Å². The quantitative estimate of drug-likeness (QED) is 0.521. The molecule has 1 saturated carbocycles. The van der Waals surface area contributed by atoms with Gasteiger partial charge in [0.25, 0.3) is 5.91 Å². The van der Waals surface area contributed by atoms with Gasteiger partial charge in [0.2, 0.25) is 5.91 Å². The molecule has 6 nitrogen and oxygen atoms in total. The summed E-state index contributed by atoms with van der Waals surface area (Å²) in [7, 11) is 0. The Morgan fingerprint density at radius 1 is 1.21 bits per heavy atom. The maximum atomic E-state index is 14.9. The van der Waals surface area contributed by atoms with Crippen molar-refractivity contribution >= 4 is 23.7 Å². The van der Waals surface area contributed by atoms with Crippen LogP contribution in [-0.4, -0.2) is 41.2 Å². The predicted octanol–water partition coefficient (Wildman–Crippen LogP) is 4.76. The fraction of sp³-hybridized carbons (Fsp3) is 0.560. The van der Waals surface area contributed by atoms with E-state index in [1.54, 1.807) is 26.1 Å². The molecule has 1 aromatic rings. The summed E-state index contributed by atoms with van der Waals surface area (Å²) in [5, 5.41) is 9.09. The van der Waals surface area contributed by atoms with Crippen LogP contribution in [-0.2, 0) is 9.59 Å². The number of allylic oxidation sites excluding steroid dienone is 1. The van der Waals surface area contributed by atoms with Gasteiger partial charge in [-0.1, -0.05) is 46.1 Å². The lowest BCUT2D eigenvalue weighted by atomic mass is 9.90. The number of benzene rings is 1. The van der Waals surface area contributed by atoms with Crippen LogP contribution >= 0.6 is 0 Å². The Bertz CT molecular complexity index is 964. The van der Waals surface area contributed by atoms with Gasteiger partial charge < -0.3 is 5.32 Å². The normalized spacial score (nSPS) is 24.1. The second-order valence-electron chi connectivity index (χ2n) is 10.2. The molecule has 3 rings (SSSR count). The minimum absolute atomic E-state index is 0.00716. The van der Waals surface area contributed by atoms with Gasteiger partial charge in [-0.2, -0.15) is 5.10 Å². The summed E-state index contributed by atoms with van der Waals surface area (Å²) in [6.07, 6.45) is 8.24. The molecule has 1 aromatic carbocycles. The van der Waals surface area contributed by atoms with Crippen molar-refractivity contribution in [1.29, 1.82) is 0 Å². The highest BCUT2D eigenvalue weighted by Crippen LogP contribution is 2.36. The first-order valence-electron chi connectivity index (χ1n) is 11.6. The van der Waals surface area contributed by atoms with Crippen molar-refractivity contribution in [2.45, 2.75) is 78.3 Å². The van der Waals surface area contributed by atoms with E-state index in [1.165, 1.54) is 11.1 Å². The number of carbonyl (C=O) groups is 2. The molecule has 1 saturated heterocycles. The van der Waals surface area contributed by atoms with Crippen LogP contribution in [0.1, 0.15) is 66.7 Å². The third-order valence-corrected chi connectivity index (χ3v) is 6.09. The Balaban J connectivity index is 2.06. The molecule has 2 aliphatic rings. The second kappa shape index (κ2) is 9.61. The molecule has 180 valence electrons. The van der Waals surface area contributed by atoms with E-state index in [4.69, 9.17) is 0 Å². The molecule has 1 aliphatic heterocycles. The maximum Gasteiger partial charge on any atom is 0.277 e. The van der Waals surface area contributed by atoms with Crippen LogP contribution in [0.3, 0.4) is 0 Å². The summed E-state index contributed by atoms with van der Waals surface area (Å²) >= 11 is 0. The van der Waals surface area contributed by atoms with Crippen molar-refractivity contribution in [3.63, 3.8) is 0 Å². The number of nitrogens with zero attached hydrogens (tertiary/aromatic N) is 3. The van der Waals surface area contributed by atoms with Gasteiger partial charge in [-0.25, -0.2) is 8.78 Å². The minimum Gasteiger partial charge on any atom is -0.351 e. The van der Waals surface area contributed by atoms with Crippen LogP contribution in [0.15, 0.2) is 35.1 Å². The van der Waals surface area contributed by atoms with Crippen LogP contribution in [0, 0.1) is 17.0 Å². The van der Waals surface area contributed by atoms with Gasteiger partial charge in [0.15, 0.2) is 0 Å². The monoisotopic (exact) mass is 460 g/mol. The smallest absolute Gasteiger partial charge is 0.277 e. The van der Waals surface area contributed by atoms with Gasteiger partial charge in [0.05, 0.1) is 12.2 Å². The first-order valence-corrected chi connectivity index (χ1v) is 11.6. The fourth-order valence-corrected chi connectivity index (χ4v) is 4.31. The second-order valence-corrected chi connectivity index (χ2v) is 10.2. The van der Waals surface area contributed by atoms with Crippen molar-refractivity contribution in [2.24, 2.45) is 10.5 Å². The Kier molecular flexibility index (Phi) is 7.24. The van der Waals surface area contributed by atoms with E-state index in [0.29, 0.717) is 0 Å². The zero-order valence-corrected chi connectivity index (χ0v) is 20.1. The highest BCUT2D eigenvalue weighted by molar-refractivity contribution is 6.12. The molecule has 0 spiro atoms. The molecule has 1 unspecified atom stereocenters. The molecule has 0 radical (unpaired) electrons. The predicted molar refractivity (Wildman–Crippen MR) is 126 cm³/mol. The number of carbonyl (C=O) groups excluding carboxylic acids is 2. The lowest BCUT2D eigenvalue weighted by Crippen LogP contribution is -2.69. The third kappa shape index (κ3) is 5.42. The molecule has 33 heavy (non-hydrogen) atoms. The average Bonchev–Trinajstić information content (AvgIpc) is 2.74. The molecule has 1 N–H and O–H groups in total. The number of amides is 2. The highest BCUT2D eigenvalue weighted by Gasteiger charge is 2.51. The number of nitrogens with one attached hydrogen (secondary N) is 1. The molecular weight excluding hydrogens is 426 g/mol. The molecule has 0 aromatic heterocycles. The van der Waals surface area contributed by atoms with Crippen LogP contribution in [0.2, 0.25) is 0 Å². The molecule has 1 atom stereocenters. The van der Waals surface area contributed by atoms with E-state index in [0.717, 1.165) is 49.1 Å². The summed E-state index contributed by atoms with van der Waals surface area (Å²) in [5.74, 6) is -2.60. The van der Waals surface area contributed by atoms with Crippen molar-refractivity contribution in [3.8, 4) is 0 Å². The summed E-state index contributed by atoms with van der Waals surface area (Å²) in [6, 6.07) is 3.02. The number of anilines is 1. The molecule has 0 bridgehead atoms. The molecule has 8 heteroatoms. The number of halogens is 2.